The van der Waals surface area contributed by atoms with Crippen molar-refractivity contribution in [1.82, 2.24) is 4.90 Å². The number of nitrogen functional groups attached to an aromatic ring is 1. The minimum absolute atomic E-state index is 0.113. The van der Waals surface area contributed by atoms with Gasteiger partial charge < -0.3 is 21.1 Å². The summed E-state index contributed by atoms with van der Waals surface area (Å²) in [7, 11) is 0. The van der Waals surface area contributed by atoms with E-state index >= 15 is 0 Å². The van der Waals surface area contributed by atoms with Gasteiger partial charge in [0, 0.05) is 18.3 Å². The summed E-state index contributed by atoms with van der Waals surface area (Å²) < 4.78 is 0. The topological polar surface area (TPSA) is 78.6 Å². The zero-order valence-corrected chi connectivity index (χ0v) is 13.0. The second kappa shape index (κ2) is 7.00. The summed E-state index contributed by atoms with van der Waals surface area (Å²) in [5.41, 5.74) is 6.58. The maximum absolute atomic E-state index is 11.3. The fourth-order valence-electron chi connectivity index (χ4n) is 2.76. The van der Waals surface area contributed by atoms with Crippen LogP contribution in [-0.4, -0.2) is 41.7 Å². The molecule has 116 valence electrons. The van der Waals surface area contributed by atoms with Crippen molar-refractivity contribution in [2.75, 3.05) is 30.7 Å². The SMILES string of the molecule is CC(CN1CCCCC1)Nc1c(Cl)cc(N)cc1C(=O)O. The van der Waals surface area contributed by atoms with Gasteiger partial charge >= 0.3 is 5.97 Å². The van der Waals surface area contributed by atoms with Crippen molar-refractivity contribution in [2.24, 2.45) is 0 Å². The molecule has 21 heavy (non-hydrogen) atoms. The van der Waals surface area contributed by atoms with Gasteiger partial charge in [-0.15, -0.1) is 0 Å². The lowest BCUT2D eigenvalue weighted by molar-refractivity contribution is 0.0698. The van der Waals surface area contributed by atoms with Crippen LogP contribution in [0.25, 0.3) is 0 Å². The molecule has 1 aliphatic rings. The van der Waals surface area contributed by atoms with E-state index in [0.29, 0.717) is 16.4 Å². The van der Waals surface area contributed by atoms with Crippen molar-refractivity contribution >= 4 is 28.9 Å². The van der Waals surface area contributed by atoms with Crippen molar-refractivity contribution in [2.45, 2.75) is 32.2 Å². The molecule has 1 heterocycles. The highest BCUT2D eigenvalue weighted by Gasteiger charge is 2.18. The van der Waals surface area contributed by atoms with Gasteiger partial charge in [0.15, 0.2) is 0 Å². The zero-order valence-electron chi connectivity index (χ0n) is 12.2. The summed E-state index contributed by atoms with van der Waals surface area (Å²) in [5.74, 6) is -1.03. The van der Waals surface area contributed by atoms with Crippen LogP contribution in [0.15, 0.2) is 12.1 Å². The standard InChI is InChI=1S/C15H22ClN3O2/c1-10(9-19-5-3-2-4-6-19)18-14-12(15(20)21)7-11(17)8-13(14)16/h7-8,10,18H,2-6,9,17H2,1H3,(H,20,21). The molecule has 2 rings (SSSR count). The highest BCUT2D eigenvalue weighted by molar-refractivity contribution is 6.34. The first kappa shape index (κ1) is 15.9. The van der Waals surface area contributed by atoms with Gasteiger partial charge in [0.25, 0.3) is 0 Å². The van der Waals surface area contributed by atoms with Gasteiger partial charge in [-0.25, -0.2) is 4.79 Å². The highest BCUT2D eigenvalue weighted by atomic mass is 35.5. The quantitative estimate of drug-likeness (QED) is 0.729. The smallest absolute Gasteiger partial charge is 0.337 e. The van der Waals surface area contributed by atoms with Crippen molar-refractivity contribution in [3.05, 3.63) is 22.7 Å². The Labute approximate surface area is 130 Å². The van der Waals surface area contributed by atoms with Gasteiger partial charge in [-0.1, -0.05) is 18.0 Å². The predicted molar refractivity (Wildman–Crippen MR) is 86.2 cm³/mol. The third-order valence-corrected chi connectivity index (χ3v) is 4.01. The van der Waals surface area contributed by atoms with E-state index < -0.39 is 5.97 Å². The Morgan fingerprint density at radius 2 is 2.10 bits per heavy atom. The molecule has 5 nitrogen and oxygen atoms in total. The van der Waals surface area contributed by atoms with E-state index in [1.165, 1.54) is 25.3 Å². The second-order valence-corrected chi connectivity index (χ2v) is 6.04. The predicted octanol–water partition coefficient (Wildman–Crippen LogP) is 2.91. The van der Waals surface area contributed by atoms with Gasteiger partial charge in [0.05, 0.1) is 16.3 Å². The number of benzene rings is 1. The molecular weight excluding hydrogens is 290 g/mol. The molecule has 1 saturated heterocycles. The number of piperidine rings is 1. The van der Waals surface area contributed by atoms with Crippen LogP contribution < -0.4 is 11.1 Å². The lowest BCUT2D eigenvalue weighted by Gasteiger charge is -2.30. The van der Waals surface area contributed by atoms with Crippen molar-refractivity contribution < 1.29 is 9.90 Å². The zero-order chi connectivity index (χ0) is 15.4. The molecule has 0 saturated carbocycles. The minimum atomic E-state index is -1.03. The summed E-state index contributed by atoms with van der Waals surface area (Å²) in [6.45, 7) is 5.12. The lowest BCUT2D eigenvalue weighted by atomic mass is 10.1. The number of nitrogens with two attached hydrogens (primary N) is 1. The first-order valence-electron chi connectivity index (χ1n) is 7.28. The van der Waals surface area contributed by atoms with Crippen LogP contribution in [0.2, 0.25) is 5.02 Å². The Balaban J connectivity index is 2.09. The molecule has 0 radical (unpaired) electrons. The normalized spacial score (nSPS) is 17.4. The van der Waals surface area contributed by atoms with Crippen LogP contribution in [0.3, 0.4) is 0 Å². The second-order valence-electron chi connectivity index (χ2n) is 5.64. The van der Waals surface area contributed by atoms with Crippen LogP contribution in [-0.2, 0) is 0 Å². The summed E-state index contributed by atoms with van der Waals surface area (Å²) >= 11 is 6.15. The Bertz CT molecular complexity index is 516. The van der Waals surface area contributed by atoms with Gasteiger partial charge in [0.1, 0.15) is 0 Å². The number of anilines is 2. The molecule has 1 aromatic carbocycles. The Morgan fingerprint density at radius 1 is 1.43 bits per heavy atom. The molecule has 1 unspecified atom stereocenters. The molecule has 1 aromatic rings. The van der Waals surface area contributed by atoms with E-state index in [1.54, 1.807) is 6.07 Å². The van der Waals surface area contributed by atoms with Crippen molar-refractivity contribution in [3.8, 4) is 0 Å². The highest BCUT2D eigenvalue weighted by Crippen LogP contribution is 2.30. The third kappa shape index (κ3) is 4.25. The number of carboxylic acid groups (broad SMARTS) is 1. The number of carboxylic acids is 1. The van der Waals surface area contributed by atoms with Crippen molar-refractivity contribution in [1.29, 1.82) is 0 Å². The average molecular weight is 312 g/mol. The molecule has 4 N–H and O–H groups in total. The number of aromatic carboxylic acids is 1. The van der Waals surface area contributed by atoms with E-state index in [9.17, 15) is 9.90 Å². The molecule has 1 fully saturated rings. The van der Waals surface area contributed by atoms with E-state index in [2.05, 4.69) is 10.2 Å². The summed E-state index contributed by atoms with van der Waals surface area (Å²) in [6.07, 6.45) is 3.76. The summed E-state index contributed by atoms with van der Waals surface area (Å²) in [5, 5.41) is 12.9. The lowest BCUT2D eigenvalue weighted by Crippen LogP contribution is -2.38. The van der Waals surface area contributed by atoms with E-state index in [-0.39, 0.29) is 11.6 Å². The van der Waals surface area contributed by atoms with Gasteiger partial charge in [0.2, 0.25) is 0 Å². The fourth-order valence-corrected chi connectivity index (χ4v) is 3.05. The van der Waals surface area contributed by atoms with Gasteiger partial charge in [-0.05, 0) is 45.0 Å². The Kier molecular flexibility index (Phi) is 5.31. The molecule has 0 aromatic heterocycles. The molecule has 1 aliphatic heterocycles. The number of rotatable bonds is 5. The maximum Gasteiger partial charge on any atom is 0.337 e. The first-order chi connectivity index (χ1) is 9.97. The van der Waals surface area contributed by atoms with Crippen LogP contribution in [0.5, 0.6) is 0 Å². The largest absolute Gasteiger partial charge is 0.478 e. The first-order valence-corrected chi connectivity index (χ1v) is 7.66. The number of carbonyl (C=O) groups is 1. The van der Waals surface area contributed by atoms with Gasteiger partial charge in [-0.3, -0.25) is 0 Å². The number of hydrogen-bond donors (Lipinski definition) is 3. The van der Waals surface area contributed by atoms with Crippen LogP contribution >= 0.6 is 11.6 Å². The molecule has 1 atom stereocenters. The molecule has 0 aliphatic carbocycles. The molecule has 0 bridgehead atoms. The van der Waals surface area contributed by atoms with Crippen LogP contribution in [0.4, 0.5) is 11.4 Å². The van der Waals surface area contributed by atoms with E-state index in [1.807, 2.05) is 6.92 Å². The fraction of sp³-hybridized carbons (Fsp3) is 0.533. The molecule has 0 amide bonds. The third-order valence-electron chi connectivity index (χ3n) is 3.71. The number of likely N-dealkylation sites (tertiary alicyclic amines) is 1. The van der Waals surface area contributed by atoms with E-state index in [0.717, 1.165) is 19.6 Å². The molecule has 0 spiro atoms. The Hall–Kier alpha value is -1.46. The summed E-state index contributed by atoms with van der Waals surface area (Å²) in [4.78, 5) is 13.7. The van der Waals surface area contributed by atoms with Crippen LogP contribution in [0, 0.1) is 0 Å². The number of halogens is 1. The monoisotopic (exact) mass is 311 g/mol. The Morgan fingerprint density at radius 3 is 2.71 bits per heavy atom. The number of hydrogen-bond acceptors (Lipinski definition) is 4. The number of nitrogens with one attached hydrogen (secondary N) is 1. The molecular formula is C15H22ClN3O2. The van der Waals surface area contributed by atoms with Gasteiger partial charge in [-0.2, -0.15) is 0 Å². The van der Waals surface area contributed by atoms with Crippen molar-refractivity contribution in [3.63, 3.8) is 0 Å². The summed E-state index contributed by atoms with van der Waals surface area (Å²) in [6, 6.07) is 3.12. The molecule has 6 heteroatoms. The van der Waals surface area contributed by atoms with E-state index in [4.69, 9.17) is 17.3 Å². The van der Waals surface area contributed by atoms with Crippen LogP contribution in [0.1, 0.15) is 36.5 Å². The minimum Gasteiger partial charge on any atom is -0.478 e. The average Bonchev–Trinajstić information content (AvgIpc) is 2.42. The maximum atomic E-state index is 11.3. The number of nitrogens with zero attached hydrogens (tertiary/aromatic N) is 1.